The van der Waals surface area contributed by atoms with Crippen LogP contribution in [0.2, 0.25) is 0 Å². The van der Waals surface area contributed by atoms with Crippen molar-refractivity contribution in [2.24, 2.45) is 0 Å². The lowest BCUT2D eigenvalue weighted by Crippen LogP contribution is -2.46. The van der Waals surface area contributed by atoms with Gasteiger partial charge in [0.1, 0.15) is 5.60 Å². The first-order chi connectivity index (χ1) is 12.3. The van der Waals surface area contributed by atoms with Crippen molar-refractivity contribution in [3.63, 3.8) is 0 Å². The maximum Gasteiger partial charge on any atom is 0.185 e. The summed E-state index contributed by atoms with van der Waals surface area (Å²) in [6.07, 6.45) is 6.93. The minimum atomic E-state index is -0.235. The summed E-state index contributed by atoms with van der Waals surface area (Å²) < 4.78 is 8.34. The van der Waals surface area contributed by atoms with Crippen LogP contribution in [0.1, 0.15) is 24.1 Å². The molecule has 0 amide bonds. The maximum atomic E-state index is 6.33. The van der Waals surface area contributed by atoms with Gasteiger partial charge in [-0.2, -0.15) is 5.10 Å². The lowest BCUT2D eigenvalue weighted by atomic mass is 9.84. The number of hydrogen-bond acceptors (Lipinski definition) is 5. The Morgan fingerprint density at radius 1 is 1.12 bits per heavy atom. The van der Waals surface area contributed by atoms with Crippen LogP contribution in [-0.4, -0.2) is 34.5 Å². The lowest BCUT2D eigenvalue weighted by Gasteiger charge is -2.42. The van der Waals surface area contributed by atoms with Gasteiger partial charge in [0.05, 0.1) is 18.0 Å². The molecule has 5 nitrogen and oxygen atoms in total. The first-order valence-electron chi connectivity index (χ1n) is 8.77. The first kappa shape index (κ1) is 15.1. The molecule has 1 spiro atoms. The minimum absolute atomic E-state index is 0.235. The van der Waals surface area contributed by atoms with E-state index in [1.807, 2.05) is 22.3 Å². The molecule has 0 aliphatic carbocycles. The standard InChI is InChI=1S/C19H20N4OS/c1-2-4-16(5-3-1)23-14-15-6-12-24-19(17(15)21-23)7-10-22(11-8-19)18-20-9-13-25-18/h1-5,9,13-14H,6-8,10-12H2. The second-order valence-electron chi connectivity index (χ2n) is 6.68. The average Bonchev–Trinajstić information content (AvgIpc) is 3.34. The molecule has 25 heavy (non-hydrogen) atoms. The third-order valence-electron chi connectivity index (χ3n) is 5.25. The van der Waals surface area contributed by atoms with Crippen LogP contribution >= 0.6 is 11.3 Å². The molecule has 0 atom stereocenters. The molecule has 0 N–H and O–H groups in total. The van der Waals surface area contributed by atoms with E-state index < -0.39 is 0 Å². The smallest absolute Gasteiger partial charge is 0.185 e. The number of nitrogens with zero attached hydrogens (tertiary/aromatic N) is 4. The van der Waals surface area contributed by atoms with Crippen molar-refractivity contribution in [2.45, 2.75) is 24.9 Å². The summed E-state index contributed by atoms with van der Waals surface area (Å²) in [6.45, 7) is 2.71. The number of piperidine rings is 1. The van der Waals surface area contributed by atoms with Crippen LogP contribution in [0.25, 0.3) is 5.69 Å². The van der Waals surface area contributed by atoms with Crippen LogP contribution in [0, 0.1) is 0 Å². The Labute approximate surface area is 150 Å². The van der Waals surface area contributed by atoms with Gasteiger partial charge < -0.3 is 9.64 Å². The number of benzene rings is 1. The van der Waals surface area contributed by atoms with Gasteiger partial charge in [0.25, 0.3) is 0 Å². The van der Waals surface area contributed by atoms with E-state index in [9.17, 15) is 0 Å². The molecule has 6 heteroatoms. The van der Waals surface area contributed by atoms with Gasteiger partial charge in [-0.1, -0.05) is 18.2 Å². The maximum absolute atomic E-state index is 6.33. The lowest BCUT2D eigenvalue weighted by molar-refractivity contribution is -0.0796. The quantitative estimate of drug-likeness (QED) is 0.709. The fourth-order valence-electron chi connectivity index (χ4n) is 3.93. The topological polar surface area (TPSA) is 43.2 Å². The Hall–Kier alpha value is -2.18. The molecule has 4 heterocycles. The highest BCUT2D eigenvalue weighted by Crippen LogP contribution is 2.41. The molecule has 3 aromatic rings. The fraction of sp³-hybridized carbons (Fsp3) is 0.368. The van der Waals surface area contributed by atoms with Crippen LogP contribution in [0.4, 0.5) is 5.13 Å². The van der Waals surface area contributed by atoms with Crippen molar-refractivity contribution >= 4 is 16.5 Å². The molecule has 5 rings (SSSR count). The number of anilines is 1. The molecular weight excluding hydrogens is 332 g/mol. The average molecular weight is 352 g/mol. The second-order valence-corrected chi connectivity index (χ2v) is 7.55. The molecule has 2 aliphatic heterocycles. The largest absolute Gasteiger partial charge is 0.368 e. The number of para-hydroxylation sites is 1. The van der Waals surface area contributed by atoms with Crippen LogP contribution < -0.4 is 4.90 Å². The summed E-state index contributed by atoms with van der Waals surface area (Å²) in [4.78, 5) is 6.81. The van der Waals surface area contributed by atoms with Crippen molar-refractivity contribution < 1.29 is 4.74 Å². The van der Waals surface area contributed by atoms with Gasteiger partial charge in [-0.25, -0.2) is 9.67 Å². The van der Waals surface area contributed by atoms with E-state index in [4.69, 9.17) is 9.84 Å². The highest BCUT2D eigenvalue weighted by molar-refractivity contribution is 7.13. The van der Waals surface area contributed by atoms with Crippen LogP contribution in [0.3, 0.4) is 0 Å². The SMILES string of the molecule is c1ccc(-n2cc3c(n2)C2(CCN(c4nccs4)CC2)OCC3)cc1. The zero-order chi connectivity index (χ0) is 16.7. The zero-order valence-electron chi connectivity index (χ0n) is 14.0. The van der Waals surface area contributed by atoms with E-state index in [1.165, 1.54) is 5.56 Å². The summed E-state index contributed by atoms with van der Waals surface area (Å²) in [5.74, 6) is 0. The number of ether oxygens (including phenoxy) is 1. The Kier molecular flexibility index (Phi) is 3.60. The van der Waals surface area contributed by atoms with Crippen molar-refractivity contribution in [2.75, 3.05) is 24.6 Å². The highest BCUT2D eigenvalue weighted by atomic mass is 32.1. The Morgan fingerprint density at radius 2 is 1.96 bits per heavy atom. The predicted molar refractivity (Wildman–Crippen MR) is 98.5 cm³/mol. The van der Waals surface area contributed by atoms with Gasteiger partial charge in [-0.15, -0.1) is 11.3 Å². The number of hydrogen-bond donors (Lipinski definition) is 0. The minimum Gasteiger partial charge on any atom is -0.368 e. The van der Waals surface area contributed by atoms with Gasteiger partial charge in [0.15, 0.2) is 5.13 Å². The van der Waals surface area contributed by atoms with Crippen molar-refractivity contribution in [1.29, 1.82) is 0 Å². The Morgan fingerprint density at radius 3 is 2.72 bits per heavy atom. The molecule has 0 unspecified atom stereocenters. The summed E-state index contributed by atoms with van der Waals surface area (Å²) in [7, 11) is 0. The van der Waals surface area contributed by atoms with Crippen LogP contribution in [0.5, 0.6) is 0 Å². The third-order valence-corrected chi connectivity index (χ3v) is 6.09. The first-order valence-corrected chi connectivity index (χ1v) is 9.65. The van der Waals surface area contributed by atoms with Crippen LogP contribution in [-0.2, 0) is 16.8 Å². The molecule has 1 fully saturated rings. The summed E-state index contributed by atoms with van der Waals surface area (Å²) >= 11 is 1.71. The van der Waals surface area contributed by atoms with Crippen molar-refractivity contribution in [3.05, 3.63) is 59.4 Å². The van der Waals surface area contributed by atoms with E-state index in [-0.39, 0.29) is 5.60 Å². The highest BCUT2D eigenvalue weighted by Gasteiger charge is 2.43. The third kappa shape index (κ3) is 2.56. The molecule has 0 radical (unpaired) electrons. The van der Waals surface area contributed by atoms with Crippen LogP contribution in [0.15, 0.2) is 48.1 Å². The number of thiazole rings is 1. The molecule has 0 saturated carbocycles. The molecule has 128 valence electrons. The van der Waals surface area contributed by atoms with E-state index in [2.05, 4.69) is 40.3 Å². The Bertz CT molecular complexity index is 851. The number of rotatable bonds is 2. The van der Waals surface area contributed by atoms with Gasteiger partial charge in [0.2, 0.25) is 0 Å². The van der Waals surface area contributed by atoms with Gasteiger partial charge in [-0.05, 0) is 37.0 Å². The van der Waals surface area contributed by atoms with Gasteiger partial charge in [0, 0.05) is 30.9 Å². The molecule has 2 aromatic heterocycles. The molecule has 1 aromatic carbocycles. The van der Waals surface area contributed by atoms with Crippen molar-refractivity contribution in [1.82, 2.24) is 14.8 Å². The monoisotopic (exact) mass is 352 g/mol. The second kappa shape index (κ2) is 5.97. The molecule has 2 aliphatic rings. The van der Waals surface area contributed by atoms with Gasteiger partial charge >= 0.3 is 0 Å². The van der Waals surface area contributed by atoms with E-state index in [0.29, 0.717) is 0 Å². The summed E-state index contributed by atoms with van der Waals surface area (Å²) in [5.41, 5.74) is 3.34. The number of aromatic nitrogens is 3. The normalized spacial score (nSPS) is 19.1. The van der Waals surface area contributed by atoms with Crippen molar-refractivity contribution in [3.8, 4) is 5.69 Å². The predicted octanol–water partition coefficient (Wildman–Crippen LogP) is 3.40. The fourth-order valence-corrected chi connectivity index (χ4v) is 4.62. The zero-order valence-corrected chi connectivity index (χ0v) is 14.8. The molecular formula is C19H20N4OS. The molecule has 1 saturated heterocycles. The van der Waals surface area contributed by atoms with E-state index in [0.717, 1.165) is 55.5 Å². The summed E-state index contributed by atoms with van der Waals surface area (Å²) in [6, 6.07) is 10.3. The number of fused-ring (bicyclic) bond motifs is 2. The summed E-state index contributed by atoms with van der Waals surface area (Å²) in [5, 5.41) is 8.10. The molecule has 0 bridgehead atoms. The van der Waals surface area contributed by atoms with E-state index in [1.54, 1.807) is 11.3 Å². The Balaban J connectivity index is 1.44. The van der Waals surface area contributed by atoms with E-state index >= 15 is 0 Å². The van der Waals surface area contributed by atoms with Gasteiger partial charge in [-0.3, -0.25) is 0 Å².